The van der Waals surface area contributed by atoms with Crippen molar-refractivity contribution in [3.05, 3.63) is 35.9 Å². The highest BCUT2D eigenvalue weighted by molar-refractivity contribution is 5.25. The van der Waals surface area contributed by atoms with E-state index in [9.17, 15) is 5.26 Å². The fraction of sp³-hybridized carbons (Fsp3) is 0.562. The summed E-state index contributed by atoms with van der Waals surface area (Å²) in [5.74, 6) is 0.760. The molecule has 2 rings (SSSR count). The van der Waals surface area contributed by atoms with Crippen LogP contribution >= 0.6 is 0 Å². The van der Waals surface area contributed by atoms with Crippen LogP contribution in [0.2, 0.25) is 0 Å². The Labute approximate surface area is 110 Å². The molecule has 0 N–H and O–H groups in total. The molecule has 1 heterocycles. The van der Waals surface area contributed by atoms with E-state index in [1.807, 2.05) is 18.2 Å². The van der Waals surface area contributed by atoms with E-state index < -0.39 is 0 Å². The number of hydrogen-bond acceptors (Lipinski definition) is 2. The Bertz CT molecular complexity index is 407. The van der Waals surface area contributed by atoms with Gasteiger partial charge in [-0.1, -0.05) is 37.3 Å². The molecule has 2 heteroatoms. The molecule has 0 amide bonds. The molecule has 3 unspecified atom stereocenters. The highest BCUT2D eigenvalue weighted by atomic mass is 15.2. The summed E-state index contributed by atoms with van der Waals surface area (Å²) in [6, 6.07) is 13.2. The summed E-state index contributed by atoms with van der Waals surface area (Å²) in [4.78, 5) is 2.48. The van der Waals surface area contributed by atoms with Crippen molar-refractivity contribution in [3.63, 3.8) is 0 Å². The first kappa shape index (κ1) is 13.1. The minimum Gasteiger partial charge on any atom is -0.299 e. The van der Waals surface area contributed by atoms with Crippen LogP contribution in [0.3, 0.4) is 0 Å². The zero-order valence-corrected chi connectivity index (χ0v) is 11.3. The minimum atomic E-state index is -0.000972. The van der Waals surface area contributed by atoms with E-state index in [2.05, 4.69) is 36.9 Å². The normalized spacial score (nSPS) is 26.5. The van der Waals surface area contributed by atoms with Gasteiger partial charge in [0.1, 0.15) is 0 Å². The summed E-state index contributed by atoms with van der Waals surface area (Å²) in [6.07, 6.45) is 2.58. The summed E-state index contributed by atoms with van der Waals surface area (Å²) in [6.45, 7) is 6.59. The Hall–Kier alpha value is -1.33. The average Bonchev–Trinajstić information content (AvgIpc) is 2.41. The lowest BCUT2D eigenvalue weighted by Gasteiger charge is -2.37. The second-order valence-corrected chi connectivity index (χ2v) is 5.58. The van der Waals surface area contributed by atoms with Gasteiger partial charge in [0.2, 0.25) is 0 Å². The van der Waals surface area contributed by atoms with Crippen LogP contribution in [0.5, 0.6) is 0 Å². The summed E-state index contributed by atoms with van der Waals surface area (Å²) in [5, 5.41) is 9.39. The first-order chi connectivity index (χ1) is 8.70. The van der Waals surface area contributed by atoms with Crippen LogP contribution in [-0.2, 0) is 0 Å². The van der Waals surface area contributed by atoms with E-state index >= 15 is 0 Å². The van der Waals surface area contributed by atoms with Crippen LogP contribution < -0.4 is 0 Å². The quantitative estimate of drug-likeness (QED) is 0.812. The Balaban J connectivity index is 2.04. The number of hydrogen-bond donors (Lipinski definition) is 0. The van der Waals surface area contributed by atoms with Crippen LogP contribution in [0.25, 0.3) is 0 Å². The fourth-order valence-corrected chi connectivity index (χ4v) is 2.77. The lowest BCUT2D eigenvalue weighted by molar-refractivity contribution is 0.122. The molecule has 0 spiro atoms. The second-order valence-electron chi connectivity index (χ2n) is 5.58. The molecule has 2 nitrogen and oxygen atoms in total. The molecule has 3 atom stereocenters. The van der Waals surface area contributed by atoms with Gasteiger partial charge in [0.05, 0.1) is 12.0 Å². The van der Waals surface area contributed by atoms with Gasteiger partial charge in [0.25, 0.3) is 0 Å². The zero-order chi connectivity index (χ0) is 13.0. The Kier molecular flexibility index (Phi) is 4.38. The Morgan fingerprint density at radius 1 is 1.28 bits per heavy atom. The summed E-state index contributed by atoms with van der Waals surface area (Å²) in [5.41, 5.74) is 1.14. The van der Waals surface area contributed by atoms with Crippen molar-refractivity contribution < 1.29 is 0 Å². The molecule has 0 bridgehead atoms. The van der Waals surface area contributed by atoms with Gasteiger partial charge < -0.3 is 0 Å². The zero-order valence-electron chi connectivity index (χ0n) is 11.3. The van der Waals surface area contributed by atoms with Crippen LogP contribution in [0, 0.1) is 17.2 Å². The molecule has 1 fully saturated rings. The van der Waals surface area contributed by atoms with Gasteiger partial charge in [-0.05, 0) is 31.2 Å². The van der Waals surface area contributed by atoms with Gasteiger partial charge in [0.15, 0.2) is 0 Å². The molecule has 1 aliphatic heterocycles. The highest BCUT2D eigenvalue weighted by Gasteiger charge is 2.25. The monoisotopic (exact) mass is 242 g/mol. The van der Waals surface area contributed by atoms with E-state index in [1.54, 1.807) is 0 Å². The predicted octanol–water partition coefficient (Wildman–Crippen LogP) is 3.41. The molecule has 1 saturated heterocycles. The van der Waals surface area contributed by atoms with Crippen molar-refractivity contribution >= 4 is 0 Å². The molecule has 1 aromatic carbocycles. The van der Waals surface area contributed by atoms with E-state index in [0.717, 1.165) is 24.6 Å². The number of rotatable bonds is 3. The van der Waals surface area contributed by atoms with Crippen molar-refractivity contribution in [1.29, 1.82) is 5.26 Å². The molecule has 1 aliphatic rings. The molecule has 18 heavy (non-hydrogen) atoms. The van der Waals surface area contributed by atoms with E-state index in [1.165, 1.54) is 12.8 Å². The maximum absolute atomic E-state index is 9.39. The number of likely N-dealkylation sites (tertiary alicyclic amines) is 1. The minimum absolute atomic E-state index is 0.000972. The van der Waals surface area contributed by atoms with Crippen LogP contribution in [-0.4, -0.2) is 24.0 Å². The first-order valence-corrected chi connectivity index (χ1v) is 6.89. The third-order valence-corrected chi connectivity index (χ3v) is 4.02. The van der Waals surface area contributed by atoms with E-state index in [0.29, 0.717) is 6.04 Å². The van der Waals surface area contributed by atoms with Crippen LogP contribution in [0.15, 0.2) is 30.3 Å². The van der Waals surface area contributed by atoms with Crippen LogP contribution in [0.1, 0.15) is 38.2 Å². The lowest BCUT2D eigenvalue weighted by Crippen LogP contribution is -2.42. The van der Waals surface area contributed by atoms with Gasteiger partial charge in [-0.15, -0.1) is 0 Å². The predicted molar refractivity (Wildman–Crippen MR) is 74.2 cm³/mol. The van der Waals surface area contributed by atoms with Gasteiger partial charge in [-0.3, -0.25) is 4.90 Å². The van der Waals surface area contributed by atoms with Crippen molar-refractivity contribution in [2.24, 2.45) is 5.92 Å². The third kappa shape index (κ3) is 3.11. The molecule has 0 aliphatic carbocycles. The van der Waals surface area contributed by atoms with Crippen molar-refractivity contribution in [2.45, 2.75) is 38.6 Å². The third-order valence-electron chi connectivity index (χ3n) is 4.02. The number of nitrogens with zero attached hydrogens (tertiary/aromatic N) is 2. The maximum atomic E-state index is 9.39. The molecular weight excluding hydrogens is 220 g/mol. The Morgan fingerprint density at radius 3 is 2.67 bits per heavy atom. The molecule has 0 saturated carbocycles. The molecule has 96 valence electrons. The van der Waals surface area contributed by atoms with Gasteiger partial charge >= 0.3 is 0 Å². The summed E-state index contributed by atoms with van der Waals surface area (Å²) < 4.78 is 0. The fourth-order valence-electron chi connectivity index (χ4n) is 2.77. The van der Waals surface area contributed by atoms with E-state index in [4.69, 9.17) is 0 Å². The molecule has 0 radical (unpaired) electrons. The topological polar surface area (TPSA) is 27.0 Å². The van der Waals surface area contributed by atoms with Crippen molar-refractivity contribution in [3.8, 4) is 6.07 Å². The Morgan fingerprint density at radius 2 is 2.00 bits per heavy atom. The van der Waals surface area contributed by atoms with Gasteiger partial charge in [0, 0.05) is 19.1 Å². The second kappa shape index (κ2) is 6.02. The average molecular weight is 242 g/mol. The molecule has 1 aromatic rings. The van der Waals surface area contributed by atoms with Crippen LogP contribution in [0.4, 0.5) is 0 Å². The van der Waals surface area contributed by atoms with Gasteiger partial charge in [-0.2, -0.15) is 5.26 Å². The summed E-state index contributed by atoms with van der Waals surface area (Å²) >= 11 is 0. The van der Waals surface area contributed by atoms with Crippen molar-refractivity contribution in [2.75, 3.05) is 13.1 Å². The number of piperidine rings is 1. The molecular formula is C16H22N2. The SMILES string of the molecule is CC1CCC(C)N(CC(C#N)c2ccccc2)C1. The van der Waals surface area contributed by atoms with E-state index in [-0.39, 0.29) is 5.92 Å². The first-order valence-electron chi connectivity index (χ1n) is 6.89. The number of benzene rings is 1. The number of nitriles is 1. The largest absolute Gasteiger partial charge is 0.299 e. The smallest absolute Gasteiger partial charge is 0.0839 e. The highest BCUT2D eigenvalue weighted by Crippen LogP contribution is 2.25. The van der Waals surface area contributed by atoms with Gasteiger partial charge in [-0.25, -0.2) is 0 Å². The van der Waals surface area contributed by atoms with Crippen molar-refractivity contribution in [1.82, 2.24) is 4.90 Å². The molecule has 0 aromatic heterocycles. The maximum Gasteiger partial charge on any atom is 0.0839 e. The standard InChI is InChI=1S/C16H22N2/c1-13-8-9-14(2)18(11-13)12-16(10-17)15-6-4-3-5-7-15/h3-7,13-14,16H,8-9,11-12H2,1-2H3. The summed E-state index contributed by atoms with van der Waals surface area (Å²) in [7, 11) is 0. The lowest BCUT2D eigenvalue weighted by atomic mass is 9.92.